The van der Waals surface area contributed by atoms with Crippen molar-refractivity contribution in [1.82, 2.24) is 9.88 Å². The van der Waals surface area contributed by atoms with E-state index in [-0.39, 0.29) is 12.6 Å². The van der Waals surface area contributed by atoms with Crippen LogP contribution in [0.1, 0.15) is 43.4 Å². The van der Waals surface area contributed by atoms with Crippen LogP contribution in [-0.4, -0.2) is 34.2 Å². The van der Waals surface area contributed by atoms with E-state index in [2.05, 4.69) is 67.3 Å². The molecule has 3 aromatic rings. The molecule has 27 heavy (non-hydrogen) atoms. The Bertz CT molecular complexity index is 922. The molecule has 1 N–H and O–H groups in total. The molecule has 0 amide bonds. The Hall–Kier alpha value is -2.23. The fourth-order valence-electron chi connectivity index (χ4n) is 4.45. The van der Waals surface area contributed by atoms with Crippen molar-refractivity contribution in [1.29, 1.82) is 0 Å². The van der Waals surface area contributed by atoms with Crippen LogP contribution in [0, 0.1) is 6.92 Å². The Morgan fingerprint density at radius 3 is 2.67 bits per heavy atom. The van der Waals surface area contributed by atoms with Crippen LogP contribution in [0.15, 0.2) is 54.6 Å². The maximum atomic E-state index is 10.3. The predicted molar refractivity (Wildman–Crippen MR) is 112 cm³/mol. The summed E-state index contributed by atoms with van der Waals surface area (Å²) in [4.78, 5) is 7.56. The van der Waals surface area contributed by atoms with Crippen molar-refractivity contribution in [3.63, 3.8) is 0 Å². The number of pyridine rings is 1. The van der Waals surface area contributed by atoms with E-state index in [1.54, 1.807) is 0 Å². The van der Waals surface area contributed by atoms with Gasteiger partial charge in [-0.2, -0.15) is 0 Å². The zero-order chi connectivity index (χ0) is 18.8. The summed E-state index contributed by atoms with van der Waals surface area (Å²) in [6.45, 7) is 5.57. The maximum Gasteiger partial charge on any atom is 0.0758 e. The van der Waals surface area contributed by atoms with Gasteiger partial charge in [0.05, 0.1) is 23.9 Å². The van der Waals surface area contributed by atoms with Gasteiger partial charge in [-0.05, 0) is 50.4 Å². The van der Waals surface area contributed by atoms with Crippen molar-refractivity contribution in [2.45, 2.75) is 45.2 Å². The number of nitrogens with zero attached hydrogens (tertiary/aromatic N) is 2. The summed E-state index contributed by atoms with van der Waals surface area (Å²) in [6, 6.07) is 19.4. The molecule has 0 aliphatic carbocycles. The maximum absolute atomic E-state index is 10.3. The number of aryl methyl sites for hydroxylation is 1. The van der Waals surface area contributed by atoms with Gasteiger partial charge in [0, 0.05) is 17.0 Å². The average molecular weight is 361 g/mol. The van der Waals surface area contributed by atoms with Crippen molar-refractivity contribution in [3.05, 3.63) is 65.7 Å². The molecular weight excluding hydrogens is 332 g/mol. The van der Waals surface area contributed by atoms with Gasteiger partial charge in [0.1, 0.15) is 0 Å². The van der Waals surface area contributed by atoms with Gasteiger partial charge >= 0.3 is 0 Å². The number of benzene rings is 2. The van der Waals surface area contributed by atoms with Crippen LogP contribution in [0.3, 0.4) is 0 Å². The molecule has 0 saturated carbocycles. The molecular formula is C24H28N2O. The van der Waals surface area contributed by atoms with E-state index in [9.17, 15) is 5.11 Å². The molecule has 1 aromatic heterocycles. The highest BCUT2D eigenvalue weighted by Gasteiger charge is 2.28. The van der Waals surface area contributed by atoms with Crippen LogP contribution in [0.25, 0.3) is 22.2 Å². The predicted octanol–water partition coefficient (Wildman–Crippen LogP) is 5.12. The van der Waals surface area contributed by atoms with E-state index in [1.807, 2.05) is 6.07 Å². The van der Waals surface area contributed by atoms with Gasteiger partial charge in [-0.15, -0.1) is 0 Å². The van der Waals surface area contributed by atoms with Gasteiger partial charge in [0.25, 0.3) is 0 Å². The number of fused-ring (bicyclic) bond motifs is 1. The lowest BCUT2D eigenvalue weighted by molar-refractivity contribution is 0.0650. The second-order valence-corrected chi connectivity index (χ2v) is 7.72. The first-order valence-electron chi connectivity index (χ1n) is 10.0. The highest BCUT2D eigenvalue weighted by atomic mass is 16.3. The van der Waals surface area contributed by atoms with Crippen LogP contribution in [0.5, 0.6) is 0 Å². The lowest BCUT2D eigenvalue weighted by Gasteiger charge is -2.39. The Morgan fingerprint density at radius 1 is 1.11 bits per heavy atom. The SMILES string of the molecule is Cc1cc2cccc(C(CO)N3CCCCC3C)c2nc1-c1ccccc1. The molecule has 1 aliphatic heterocycles. The molecule has 1 fully saturated rings. The van der Waals surface area contributed by atoms with Crippen LogP contribution in [0.2, 0.25) is 0 Å². The van der Waals surface area contributed by atoms with Crippen LogP contribution < -0.4 is 0 Å². The molecule has 2 atom stereocenters. The van der Waals surface area contributed by atoms with Crippen molar-refractivity contribution in [3.8, 4) is 11.3 Å². The van der Waals surface area contributed by atoms with E-state index in [0.717, 1.165) is 34.3 Å². The number of hydrogen-bond acceptors (Lipinski definition) is 3. The molecule has 3 heteroatoms. The summed E-state index contributed by atoms with van der Waals surface area (Å²) < 4.78 is 0. The van der Waals surface area contributed by atoms with Crippen molar-refractivity contribution in [2.24, 2.45) is 0 Å². The summed E-state index contributed by atoms with van der Waals surface area (Å²) in [5, 5.41) is 11.4. The third kappa shape index (κ3) is 3.50. The van der Waals surface area contributed by atoms with Crippen molar-refractivity contribution >= 4 is 10.9 Å². The minimum Gasteiger partial charge on any atom is -0.394 e. The van der Waals surface area contributed by atoms with E-state index in [0.29, 0.717) is 6.04 Å². The fourth-order valence-corrected chi connectivity index (χ4v) is 4.45. The van der Waals surface area contributed by atoms with Gasteiger partial charge in [-0.1, -0.05) is 55.0 Å². The van der Waals surface area contributed by atoms with Crippen molar-refractivity contribution < 1.29 is 5.11 Å². The van der Waals surface area contributed by atoms with E-state index < -0.39 is 0 Å². The first-order valence-corrected chi connectivity index (χ1v) is 10.0. The summed E-state index contributed by atoms with van der Waals surface area (Å²) in [5.41, 5.74) is 5.50. The molecule has 0 radical (unpaired) electrons. The Kier molecular flexibility index (Phi) is 5.24. The Morgan fingerprint density at radius 2 is 1.93 bits per heavy atom. The molecule has 2 aromatic carbocycles. The fraction of sp³-hybridized carbons (Fsp3) is 0.375. The molecule has 3 nitrogen and oxygen atoms in total. The standard InChI is InChI=1S/C24H28N2O/c1-17-15-20-12-8-13-21(22(16-27)26-14-7-6-9-18(26)2)24(20)25-23(17)19-10-4-3-5-11-19/h3-5,8,10-13,15,18,22,27H,6-7,9,14,16H2,1-2H3. The smallest absolute Gasteiger partial charge is 0.0758 e. The third-order valence-corrected chi connectivity index (χ3v) is 5.90. The summed E-state index contributed by atoms with van der Waals surface area (Å²) in [7, 11) is 0. The number of aliphatic hydroxyl groups excluding tert-OH is 1. The number of rotatable bonds is 4. The zero-order valence-electron chi connectivity index (χ0n) is 16.2. The van der Waals surface area contributed by atoms with Gasteiger partial charge in [0.15, 0.2) is 0 Å². The van der Waals surface area contributed by atoms with Crippen LogP contribution in [0.4, 0.5) is 0 Å². The van der Waals surface area contributed by atoms with Gasteiger partial charge in [0.2, 0.25) is 0 Å². The highest BCUT2D eigenvalue weighted by molar-refractivity contribution is 5.86. The molecule has 4 rings (SSSR count). The largest absolute Gasteiger partial charge is 0.394 e. The number of aliphatic hydroxyl groups is 1. The first-order chi connectivity index (χ1) is 13.2. The van der Waals surface area contributed by atoms with Crippen LogP contribution >= 0.6 is 0 Å². The molecule has 1 saturated heterocycles. The monoisotopic (exact) mass is 360 g/mol. The zero-order valence-corrected chi connectivity index (χ0v) is 16.2. The lowest BCUT2D eigenvalue weighted by atomic mass is 9.95. The van der Waals surface area contributed by atoms with E-state index >= 15 is 0 Å². The number of hydrogen-bond donors (Lipinski definition) is 1. The molecule has 2 heterocycles. The minimum absolute atomic E-state index is 0.00262. The highest BCUT2D eigenvalue weighted by Crippen LogP contribution is 2.34. The number of para-hydroxylation sites is 1. The molecule has 140 valence electrons. The molecule has 0 spiro atoms. The van der Waals surface area contributed by atoms with E-state index in [1.165, 1.54) is 24.8 Å². The first kappa shape index (κ1) is 18.1. The van der Waals surface area contributed by atoms with Crippen molar-refractivity contribution in [2.75, 3.05) is 13.2 Å². The molecule has 1 aliphatic rings. The molecule has 2 unspecified atom stereocenters. The second-order valence-electron chi connectivity index (χ2n) is 7.72. The number of aromatic nitrogens is 1. The van der Waals surface area contributed by atoms with E-state index in [4.69, 9.17) is 4.98 Å². The minimum atomic E-state index is 0.00262. The number of piperidine rings is 1. The van der Waals surface area contributed by atoms with Gasteiger partial charge in [-0.25, -0.2) is 4.98 Å². The molecule has 0 bridgehead atoms. The summed E-state index contributed by atoms with van der Waals surface area (Å²) in [6.07, 6.45) is 3.68. The third-order valence-electron chi connectivity index (χ3n) is 5.90. The summed E-state index contributed by atoms with van der Waals surface area (Å²) in [5.74, 6) is 0. The topological polar surface area (TPSA) is 36.4 Å². The Balaban J connectivity index is 1.85. The lowest BCUT2D eigenvalue weighted by Crippen LogP contribution is -2.41. The van der Waals surface area contributed by atoms with Gasteiger partial charge in [-0.3, -0.25) is 4.90 Å². The average Bonchev–Trinajstić information content (AvgIpc) is 2.70. The Labute approximate surface area is 161 Å². The summed E-state index contributed by atoms with van der Waals surface area (Å²) >= 11 is 0. The van der Waals surface area contributed by atoms with Crippen LogP contribution in [-0.2, 0) is 0 Å². The van der Waals surface area contributed by atoms with Gasteiger partial charge < -0.3 is 5.11 Å². The normalized spacial score (nSPS) is 19.3. The second kappa shape index (κ2) is 7.79. The number of likely N-dealkylation sites (tertiary alicyclic amines) is 1. The quantitative estimate of drug-likeness (QED) is 0.702.